The lowest BCUT2D eigenvalue weighted by Crippen LogP contribution is -2.49. The second-order valence-corrected chi connectivity index (χ2v) is 5.85. The summed E-state index contributed by atoms with van der Waals surface area (Å²) in [6, 6.07) is 12.5. The molecule has 0 saturated carbocycles. The van der Waals surface area contributed by atoms with Crippen LogP contribution in [0.5, 0.6) is 0 Å². The zero-order valence-electron chi connectivity index (χ0n) is 13.1. The number of pyridine rings is 1. The largest absolute Gasteiger partial charge is 0.464 e. The number of aromatic nitrogens is 1. The molecule has 1 aromatic carbocycles. The first-order chi connectivity index (χ1) is 11.7. The van der Waals surface area contributed by atoms with Gasteiger partial charge in [0.1, 0.15) is 11.4 Å². The van der Waals surface area contributed by atoms with E-state index in [1.165, 1.54) is 6.07 Å². The number of carbonyl (C=O) groups excluding carboxylic acids is 1. The fraction of sp³-hybridized carbons (Fsp3) is 0.222. The second-order valence-electron chi connectivity index (χ2n) is 5.85. The fourth-order valence-electron chi connectivity index (χ4n) is 3.04. The summed E-state index contributed by atoms with van der Waals surface area (Å²) in [6.45, 7) is 2.61. The maximum absolute atomic E-state index is 12.7. The van der Waals surface area contributed by atoms with Crippen molar-refractivity contribution in [3.8, 4) is 0 Å². The molecule has 3 aromatic rings. The fourth-order valence-corrected chi connectivity index (χ4v) is 3.04. The van der Waals surface area contributed by atoms with Gasteiger partial charge in [-0.3, -0.25) is 9.59 Å². The Morgan fingerprint density at radius 2 is 1.88 bits per heavy atom. The molecular weight excluding hydrogens is 306 g/mol. The van der Waals surface area contributed by atoms with Crippen molar-refractivity contribution in [2.24, 2.45) is 0 Å². The predicted octanol–water partition coefficient (Wildman–Crippen LogP) is 2.08. The molecule has 0 aliphatic carbocycles. The number of fused-ring (bicyclic) bond motifs is 1. The van der Waals surface area contributed by atoms with E-state index in [2.05, 4.69) is 9.88 Å². The van der Waals surface area contributed by atoms with Gasteiger partial charge in [-0.05, 0) is 24.3 Å². The number of benzene rings is 1. The van der Waals surface area contributed by atoms with Gasteiger partial charge in [-0.15, -0.1) is 0 Å². The van der Waals surface area contributed by atoms with Crippen LogP contribution < -0.4 is 10.5 Å². The molecule has 1 fully saturated rings. The molecule has 0 spiro atoms. The Kier molecular flexibility index (Phi) is 3.57. The lowest BCUT2D eigenvalue weighted by Gasteiger charge is -2.35. The van der Waals surface area contributed by atoms with E-state index in [0.29, 0.717) is 31.7 Å². The third-order valence-electron chi connectivity index (χ3n) is 4.36. The lowest BCUT2D eigenvalue weighted by molar-refractivity contribution is 0.0746. The Morgan fingerprint density at radius 1 is 1.04 bits per heavy atom. The highest BCUT2D eigenvalue weighted by Gasteiger charge is 2.23. The number of anilines is 1. The molecule has 1 aliphatic rings. The van der Waals surface area contributed by atoms with Gasteiger partial charge in [-0.25, -0.2) is 0 Å². The average molecular weight is 323 g/mol. The summed E-state index contributed by atoms with van der Waals surface area (Å²) in [6.07, 6.45) is 1.62. The first-order valence-corrected chi connectivity index (χ1v) is 7.91. The van der Waals surface area contributed by atoms with Crippen LogP contribution in [0.25, 0.3) is 11.0 Å². The van der Waals surface area contributed by atoms with E-state index in [0.717, 1.165) is 16.8 Å². The third-order valence-corrected chi connectivity index (χ3v) is 4.36. The van der Waals surface area contributed by atoms with Crippen LogP contribution in [0.3, 0.4) is 0 Å². The van der Waals surface area contributed by atoms with Crippen molar-refractivity contribution in [1.29, 1.82) is 0 Å². The van der Waals surface area contributed by atoms with E-state index in [4.69, 9.17) is 4.42 Å². The van der Waals surface area contributed by atoms with Gasteiger partial charge in [-0.1, -0.05) is 12.1 Å². The molecule has 0 radical (unpaired) electrons. The van der Waals surface area contributed by atoms with Gasteiger partial charge in [0.05, 0.1) is 6.26 Å². The summed E-state index contributed by atoms with van der Waals surface area (Å²) < 4.78 is 5.37. The third kappa shape index (κ3) is 2.67. The first-order valence-electron chi connectivity index (χ1n) is 7.91. The summed E-state index contributed by atoms with van der Waals surface area (Å²) in [7, 11) is 0. The van der Waals surface area contributed by atoms with E-state index in [1.54, 1.807) is 18.4 Å². The second kappa shape index (κ2) is 5.88. The maximum Gasteiger partial charge on any atom is 0.254 e. The van der Waals surface area contributed by atoms with Gasteiger partial charge in [0.2, 0.25) is 5.56 Å². The van der Waals surface area contributed by atoms with E-state index in [1.807, 2.05) is 29.2 Å². The normalized spacial score (nSPS) is 15.0. The molecule has 24 heavy (non-hydrogen) atoms. The van der Waals surface area contributed by atoms with E-state index >= 15 is 0 Å². The van der Waals surface area contributed by atoms with Gasteiger partial charge < -0.3 is 19.2 Å². The standard InChI is InChI=1S/C18H17N3O3/c22-17-3-1-2-16(19-17)20-7-9-21(10-8-20)18(23)14-5-4-13-6-11-24-15(13)12-14/h1-6,11-12H,7-10H2,(H,19,22). The molecule has 1 aliphatic heterocycles. The van der Waals surface area contributed by atoms with Crippen LogP contribution in [0.2, 0.25) is 0 Å². The minimum atomic E-state index is -0.113. The summed E-state index contributed by atoms with van der Waals surface area (Å²) in [5.74, 6) is 0.807. The Hall–Kier alpha value is -3.02. The van der Waals surface area contributed by atoms with Crippen molar-refractivity contribution in [1.82, 2.24) is 9.88 Å². The SMILES string of the molecule is O=C(c1ccc2ccoc2c1)N1CCN(c2cccc(=O)[nH]2)CC1. The summed E-state index contributed by atoms with van der Waals surface area (Å²) in [5, 5.41) is 0.990. The average Bonchev–Trinajstić information content (AvgIpc) is 3.09. The van der Waals surface area contributed by atoms with Gasteiger partial charge in [0.25, 0.3) is 5.91 Å². The van der Waals surface area contributed by atoms with Crippen LogP contribution in [-0.4, -0.2) is 42.0 Å². The molecular formula is C18H17N3O3. The molecule has 2 aromatic heterocycles. The molecule has 122 valence electrons. The number of carbonyl (C=O) groups is 1. The van der Waals surface area contributed by atoms with Crippen molar-refractivity contribution in [3.63, 3.8) is 0 Å². The van der Waals surface area contributed by atoms with Crippen molar-refractivity contribution in [2.45, 2.75) is 0 Å². The Morgan fingerprint density at radius 3 is 2.67 bits per heavy atom. The molecule has 3 heterocycles. The van der Waals surface area contributed by atoms with Crippen LogP contribution >= 0.6 is 0 Å². The summed E-state index contributed by atoms with van der Waals surface area (Å²) >= 11 is 0. The van der Waals surface area contributed by atoms with Gasteiger partial charge >= 0.3 is 0 Å². The lowest BCUT2D eigenvalue weighted by atomic mass is 10.1. The monoisotopic (exact) mass is 323 g/mol. The number of nitrogens with one attached hydrogen (secondary N) is 1. The molecule has 1 saturated heterocycles. The minimum Gasteiger partial charge on any atom is -0.464 e. The van der Waals surface area contributed by atoms with Crippen LogP contribution in [0.15, 0.2) is 57.9 Å². The highest BCUT2D eigenvalue weighted by molar-refractivity contribution is 5.97. The van der Waals surface area contributed by atoms with Gasteiger partial charge in [-0.2, -0.15) is 0 Å². The molecule has 0 unspecified atom stereocenters. The zero-order chi connectivity index (χ0) is 16.5. The number of rotatable bonds is 2. The van der Waals surface area contributed by atoms with Gasteiger partial charge in [0, 0.05) is 43.2 Å². The molecule has 6 nitrogen and oxygen atoms in total. The van der Waals surface area contributed by atoms with E-state index in [9.17, 15) is 9.59 Å². The van der Waals surface area contributed by atoms with Crippen molar-refractivity contribution in [2.75, 3.05) is 31.1 Å². The highest BCUT2D eigenvalue weighted by Crippen LogP contribution is 2.19. The number of H-pyrrole nitrogens is 1. The van der Waals surface area contributed by atoms with Crippen LogP contribution in [-0.2, 0) is 0 Å². The summed E-state index contributed by atoms with van der Waals surface area (Å²) in [4.78, 5) is 30.8. The smallest absolute Gasteiger partial charge is 0.254 e. The molecule has 4 rings (SSSR count). The molecule has 0 atom stereocenters. The van der Waals surface area contributed by atoms with Crippen LogP contribution in [0.4, 0.5) is 5.82 Å². The van der Waals surface area contributed by atoms with E-state index < -0.39 is 0 Å². The maximum atomic E-state index is 12.7. The number of nitrogens with zero attached hydrogens (tertiary/aromatic N) is 2. The molecule has 0 bridgehead atoms. The van der Waals surface area contributed by atoms with Crippen LogP contribution in [0, 0.1) is 0 Å². The molecule has 6 heteroatoms. The topological polar surface area (TPSA) is 69.6 Å². The van der Waals surface area contributed by atoms with Crippen LogP contribution in [0.1, 0.15) is 10.4 Å². The number of furan rings is 1. The Bertz CT molecular complexity index is 936. The first kappa shape index (κ1) is 14.6. The highest BCUT2D eigenvalue weighted by atomic mass is 16.3. The number of hydrogen-bond acceptors (Lipinski definition) is 4. The van der Waals surface area contributed by atoms with Crippen molar-refractivity contribution in [3.05, 3.63) is 64.6 Å². The number of hydrogen-bond donors (Lipinski definition) is 1. The van der Waals surface area contributed by atoms with Crippen molar-refractivity contribution >= 4 is 22.7 Å². The minimum absolute atomic E-state index is 0.00880. The molecule has 1 amide bonds. The number of amides is 1. The van der Waals surface area contributed by atoms with Gasteiger partial charge in [0.15, 0.2) is 0 Å². The Labute approximate surface area is 138 Å². The number of aromatic amines is 1. The molecule has 1 N–H and O–H groups in total. The van der Waals surface area contributed by atoms with Crippen molar-refractivity contribution < 1.29 is 9.21 Å². The predicted molar refractivity (Wildman–Crippen MR) is 91.4 cm³/mol. The quantitative estimate of drug-likeness (QED) is 0.784. The van der Waals surface area contributed by atoms with E-state index in [-0.39, 0.29) is 11.5 Å². The number of piperazine rings is 1. The zero-order valence-corrected chi connectivity index (χ0v) is 13.1. The Balaban J connectivity index is 1.47. The summed E-state index contributed by atoms with van der Waals surface area (Å²) in [5.41, 5.74) is 1.25.